The summed E-state index contributed by atoms with van der Waals surface area (Å²) in [4.78, 5) is 2.30. The van der Waals surface area contributed by atoms with Crippen LogP contribution >= 0.6 is 11.6 Å². The van der Waals surface area contributed by atoms with Crippen molar-refractivity contribution >= 4 is 21.6 Å². The van der Waals surface area contributed by atoms with Crippen molar-refractivity contribution in [1.82, 2.24) is 9.21 Å². The van der Waals surface area contributed by atoms with Crippen LogP contribution in [0.1, 0.15) is 24.8 Å². The highest BCUT2D eigenvalue weighted by molar-refractivity contribution is 7.90. The fourth-order valence-corrected chi connectivity index (χ4v) is 4.87. The molecular weight excluding hydrogens is 308 g/mol. The molecule has 3 rings (SSSR count). The van der Waals surface area contributed by atoms with Crippen LogP contribution in [0.15, 0.2) is 24.3 Å². The van der Waals surface area contributed by atoms with Gasteiger partial charge in [0, 0.05) is 31.2 Å². The van der Waals surface area contributed by atoms with Gasteiger partial charge in [-0.25, -0.2) is 12.7 Å². The molecule has 0 aromatic heterocycles. The first kappa shape index (κ1) is 15.3. The first-order valence-corrected chi connectivity index (χ1v) is 9.40. The van der Waals surface area contributed by atoms with Gasteiger partial charge >= 0.3 is 0 Å². The molecule has 1 aromatic carbocycles. The number of halogens is 1. The van der Waals surface area contributed by atoms with Crippen molar-refractivity contribution in [1.29, 1.82) is 0 Å². The lowest BCUT2D eigenvalue weighted by Gasteiger charge is -2.22. The Labute approximate surface area is 131 Å². The summed E-state index contributed by atoms with van der Waals surface area (Å²) in [7, 11) is -3.04. The maximum atomic E-state index is 12.3. The normalized spacial score (nSPS) is 22.1. The van der Waals surface area contributed by atoms with Crippen molar-refractivity contribution in [2.75, 3.05) is 26.2 Å². The smallest absolute Gasteiger partial charge is 0.217 e. The molecule has 0 bridgehead atoms. The minimum absolute atomic E-state index is 0.104. The Morgan fingerprint density at radius 3 is 2.57 bits per heavy atom. The molecule has 2 aliphatic rings. The Morgan fingerprint density at radius 1 is 1.10 bits per heavy atom. The topological polar surface area (TPSA) is 40.6 Å². The molecule has 1 aliphatic carbocycles. The van der Waals surface area contributed by atoms with Gasteiger partial charge in [0.2, 0.25) is 10.0 Å². The fourth-order valence-electron chi connectivity index (χ4n) is 2.80. The second-order valence-electron chi connectivity index (χ2n) is 5.86. The minimum Gasteiger partial charge on any atom is -0.298 e. The summed E-state index contributed by atoms with van der Waals surface area (Å²) in [5.41, 5.74) is 1.11. The molecule has 1 aromatic rings. The second kappa shape index (κ2) is 6.24. The average molecular weight is 329 g/mol. The Bertz CT molecular complexity index is 601. The summed E-state index contributed by atoms with van der Waals surface area (Å²) >= 11 is 6.20. The summed E-state index contributed by atoms with van der Waals surface area (Å²) in [5, 5.41) is 0.678. The highest BCUT2D eigenvalue weighted by Gasteiger charge is 2.40. The average Bonchev–Trinajstić information content (AvgIpc) is 3.28. The SMILES string of the molecule is O=S(=O)(C1CC1)N1CCCN(Cc2ccccc2Cl)CC1. The van der Waals surface area contributed by atoms with Crippen LogP contribution in [-0.2, 0) is 16.6 Å². The molecule has 0 radical (unpaired) electrons. The molecule has 0 atom stereocenters. The van der Waals surface area contributed by atoms with E-state index in [2.05, 4.69) is 4.90 Å². The minimum atomic E-state index is -3.04. The Hall–Kier alpha value is -0.620. The van der Waals surface area contributed by atoms with Crippen LogP contribution in [0.2, 0.25) is 5.02 Å². The predicted molar refractivity (Wildman–Crippen MR) is 84.9 cm³/mol. The summed E-state index contributed by atoms with van der Waals surface area (Å²) in [6, 6.07) is 7.85. The van der Waals surface area contributed by atoms with Crippen LogP contribution in [0.3, 0.4) is 0 Å². The molecule has 0 amide bonds. The number of benzene rings is 1. The number of hydrogen-bond acceptors (Lipinski definition) is 3. The Kier molecular flexibility index (Phi) is 4.54. The molecule has 116 valence electrons. The summed E-state index contributed by atoms with van der Waals surface area (Å²) in [6.07, 6.45) is 2.56. The summed E-state index contributed by atoms with van der Waals surface area (Å²) in [6.45, 7) is 3.73. The first-order chi connectivity index (χ1) is 10.1. The molecule has 4 nitrogen and oxygen atoms in total. The van der Waals surface area contributed by atoms with E-state index in [0.717, 1.165) is 49.5 Å². The lowest BCUT2D eigenvalue weighted by Crippen LogP contribution is -2.37. The van der Waals surface area contributed by atoms with E-state index in [1.165, 1.54) is 0 Å². The van der Waals surface area contributed by atoms with Crippen LogP contribution in [0.5, 0.6) is 0 Å². The van der Waals surface area contributed by atoms with E-state index in [9.17, 15) is 8.42 Å². The maximum Gasteiger partial charge on any atom is 0.217 e. The Balaban J connectivity index is 1.62. The van der Waals surface area contributed by atoms with E-state index in [1.54, 1.807) is 4.31 Å². The predicted octanol–water partition coefficient (Wildman–Crippen LogP) is 2.34. The van der Waals surface area contributed by atoms with Crippen molar-refractivity contribution in [2.24, 2.45) is 0 Å². The number of rotatable bonds is 4. The monoisotopic (exact) mass is 328 g/mol. The van der Waals surface area contributed by atoms with Crippen LogP contribution in [-0.4, -0.2) is 49.1 Å². The van der Waals surface area contributed by atoms with E-state index < -0.39 is 10.0 Å². The molecule has 2 fully saturated rings. The zero-order valence-electron chi connectivity index (χ0n) is 12.0. The second-order valence-corrected chi connectivity index (χ2v) is 8.48. The van der Waals surface area contributed by atoms with Gasteiger partial charge in [0.25, 0.3) is 0 Å². The molecule has 0 N–H and O–H groups in total. The van der Waals surface area contributed by atoms with Gasteiger partial charge in [0.15, 0.2) is 0 Å². The van der Waals surface area contributed by atoms with Gasteiger partial charge in [-0.05, 0) is 37.4 Å². The largest absolute Gasteiger partial charge is 0.298 e. The molecule has 0 unspecified atom stereocenters. The van der Waals surface area contributed by atoms with Crippen molar-refractivity contribution in [3.05, 3.63) is 34.9 Å². The van der Waals surface area contributed by atoms with Crippen molar-refractivity contribution in [2.45, 2.75) is 31.1 Å². The lowest BCUT2D eigenvalue weighted by molar-refractivity contribution is 0.278. The van der Waals surface area contributed by atoms with Crippen LogP contribution in [0.4, 0.5) is 0 Å². The molecular formula is C15H21ClN2O2S. The molecule has 1 saturated heterocycles. The maximum absolute atomic E-state index is 12.3. The Morgan fingerprint density at radius 2 is 1.86 bits per heavy atom. The number of sulfonamides is 1. The standard InChI is InChI=1S/C15H21ClN2O2S/c16-15-5-2-1-4-13(15)12-17-8-3-9-18(11-10-17)21(19,20)14-6-7-14/h1-2,4-5,14H,3,6-12H2. The first-order valence-electron chi connectivity index (χ1n) is 7.52. The zero-order valence-corrected chi connectivity index (χ0v) is 13.6. The zero-order chi connectivity index (χ0) is 14.9. The van der Waals surface area contributed by atoms with Crippen LogP contribution in [0, 0.1) is 0 Å². The van der Waals surface area contributed by atoms with Crippen molar-refractivity contribution in [3.63, 3.8) is 0 Å². The molecule has 1 saturated carbocycles. The molecule has 1 aliphatic heterocycles. The van der Waals surface area contributed by atoms with Gasteiger partial charge in [-0.3, -0.25) is 4.90 Å². The molecule has 21 heavy (non-hydrogen) atoms. The van der Waals surface area contributed by atoms with Gasteiger partial charge in [0.05, 0.1) is 5.25 Å². The highest BCUT2D eigenvalue weighted by Crippen LogP contribution is 2.31. The van der Waals surface area contributed by atoms with Crippen molar-refractivity contribution in [3.8, 4) is 0 Å². The van der Waals surface area contributed by atoms with E-state index in [1.807, 2.05) is 24.3 Å². The lowest BCUT2D eigenvalue weighted by atomic mass is 10.2. The third kappa shape index (κ3) is 3.59. The molecule has 0 spiro atoms. The third-order valence-corrected chi connectivity index (χ3v) is 6.97. The fraction of sp³-hybridized carbons (Fsp3) is 0.600. The highest BCUT2D eigenvalue weighted by atomic mass is 35.5. The number of hydrogen-bond donors (Lipinski definition) is 0. The van der Waals surface area contributed by atoms with Gasteiger partial charge in [-0.2, -0.15) is 0 Å². The van der Waals surface area contributed by atoms with E-state index in [-0.39, 0.29) is 5.25 Å². The van der Waals surface area contributed by atoms with Gasteiger partial charge < -0.3 is 0 Å². The van der Waals surface area contributed by atoms with Crippen LogP contribution < -0.4 is 0 Å². The summed E-state index contributed by atoms with van der Waals surface area (Å²) in [5.74, 6) is 0. The van der Waals surface area contributed by atoms with Gasteiger partial charge in [-0.1, -0.05) is 29.8 Å². The third-order valence-electron chi connectivity index (χ3n) is 4.20. The number of nitrogens with zero attached hydrogens (tertiary/aromatic N) is 2. The van der Waals surface area contributed by atoms with Gasteiger partial charge in [-0.15, -0.1) is 0 Å². The summed E-state index contributed by atoms with van der Waals surface area (Å²) < 4.78 is 26.3. The molecule has 1 heterocycles. The van der Waals surface area contributed by atoms with E-state index >= 15 is 0 Å². The van der Waals surface area contributed by atoms with Crippen LogP contribution in [0.25, 0.3) is 0 Å². The van der Waals surface area contributed by atoms with E-state index in [4.69, 9.17) is 11.6 Å². The quantitative estimate of drug-likeness (QED) is 0.852. The van der Waals surface area contributed by atoms with E-state index in [0.29, 0.717) is 13.1 Å². The van der Waals surface area contributed by atoms with Gasteiger partial charge in [0.1, 0.15) is 0 Å². The van der Waals surface area contributed by atoms with Crippen molar-refractivity contribution < 1.29 is 8.42 Å². The molecule has 6 heteroatoms.